The van der Waals surface area contributed by atoms with Gasteiger partial charge in [-0.15, -0.1) is 0 Å². The van der Waals surface area contributed by atoms with Gasteiger partial charge in [0.1, 0.15) is 6.54 Å². The molecular weight excluding hydrogens is 318 g/mol. The van der Waals surface area contributed by atoms with E-state index in [2.05, 4.69) is 5.32 Å². The van der Waals surface area contributed by atoms with Gasteiger partial charge in [-0.25, -0.2) is 0 Å². The average Bonchev–Trinajstić information content (AvgIpc) is 2.47. The van der Waals surface area contributed by atoms with E-state index in [0.29, 0.717) is 17.3 Å². The smallest absolute Gasteiger partial charge is 0.279 e. The van der Waals surface area contributed by atoms with Crippen molar-refractivity contribution in [2.45, 2.75) is 6.54 Å². The minimum absolute atomic E-state index is 0.00769. The molecule has 0 saturated heterocycles. The molecule has 6 nitrogen and oxygen atoms in total. The third kappa shape index (κ3) is 5.36. The zero-order valence-electron chi connectivity index (χ0n) is 12.6. The van der Waals surface area contributed by atoms with Crippen LogP contribution in [0.3, 0.4) is 0 Å². The lowest BCUT2D eigenvalue weighted by molar-refractivity contribution is -0.885. The number of benzene rings is 2. The van der Waals surface area contributed by atoms with Crippen LogP contribution in [0.15, 0.2) is 48.5 Å². The topological polar surface area (TPSA) is 76.7 Å². The zero-order chi connectivity index (χ0) is 16.8. The highest BCUT2D eigenvalue weighted by atomic mass is 35.5. The standard InChI is InChI=1S/C16H16ClN3O3/c1-19(10-12-3-2-4-13(17)9-12)11-16(21)18-14-5-7-15(8-6-14)20(22)23/h2-9H,10-11H2,1H3,(H,18,21)/p+1. The highest BCUT2D eigenvalue weighted by molar-refractivity contribution is 6.30. The van der Waals surface area contributed by atoms with Gasteiger partial charge in [-0.1, -0.05) is 23.7 Å². The van der Waals surface area contributed by atoms with Gasteiger partial charge < -0.3 is 10.2 Å². The first-order valence-corrected chi connectivity index (χ1v) is 7.42. The zero-order valence-corrected chi connectivity index (χ0v) is 13.3. The molecule has 0 fully saturated rings. The molecule has 0 aliphatic heterocycles. The lowest BCUT2D eigenvalue weighted by Crippen LogP contribution is -3.08. The van der Waals surface area contributed by atoms with Gasteiger partial charge in [-0.05, 0) is 24.3 Å². The summed E-state index contributed by atoms with van der Waals surface area (Å²) in [5.74, 6) is -0.154. The number of carbonyl (C=O) groups is 1. The van der Waals surface area contributed by atoms with Crippen molar-refractivity contribution in [2.24, 2.45) is 0 Å². The minimum atomic E-state index is -0.478. The number of rotatable bonds is 6. The average molecular weight is 335 g/mol. The van der Waals surface area contributed by atoms with Crippen LogP contribution in [0.1, 0.15) is 5.56 Å². The number of nitro groups is 1. The largest absolute Gasteiger partial charge is 0.326 e. The number of likely N-dealkylation sites (N-methyl/N-ethyl adjacent to an activating group) is 1. The fraction of sp³-hybridized carbons (Fsp3) is 0.188. The van der Waals surface area contributed by atoms with E-state index in [1.807, 2.05) is 31.3 Å². The van der Waals surface area contributed by atoms with Gasteiger partial charge in [-0.3, -0.25) is 14.9 Å². The second-order valence-corrected chi connectivity index (χ2v) is 5.73. The Kier molecular flexibility index (Phi) is 5.67. The molecule has 2 aromatic carbocycles. The fourth-order valence-electron chi connectivity index (χ4n) is 2.20. The van der Waals surface area contributed by atoms with Gasteiger partial charge in [0.15, 0.2) is 6.54 Å². The van der Waals surface area contributed by atoms with E-state index < -0.39 is 4.92 Å². The van der Waals surface area contributed by atoms with Crippen molar-refractivity contribution >= 4 is 28.9 Å². The summed E-state index contributed by atoms with van der Waals surface area (Å²) in [5, 5.41) is 14.0. The molecule has 2 aromatic rings. The maximum Gasteiger partial charge on any atom is 0.279 e. The van der Waals surface area contributed by atoms with Crippen LogP contribution >= 0.6 is 11.6 Å². The molecule has 1 atom stereocenters. The van der Waals surface area contributed by atoms with Gasteiger partial charge in [0, 0.05) is 28.4 Å². The van der Waals surface area contributed by atoms with Crippen molar-refractivity contribution < 1.29 is 14.6 Å². The number of hydrogen-bond donors (Lipinski definition) is 2. The molecule has 0 aliphatic rings. The first kappa shape index (κ1) is 16.9. The minimum Gasteiger partial charge on any atom is -0.326 e. The summed E-state index contributed by atoms with van der Waals surface area (Å²) in [4.78, 5) is 23.1. The Morgan fingerprint density at radius 2 is 1.96 bits per heavy atom. The van der Waals surface area contributed by atoms with Crippen LogP contribution in [-0.4, -0.2) is 24.4 Å². The van der Waals surface area contributed by atoms with E-state index in [-0.39, 0.29) is 18.1 Å². The van der Waals surface area contributed by atoms with Crippen molar-refractivity contribution in [2.75, 3.05) is 18.9 Å². The molecule has 2 N–H and O–H groups in total. The van der Waals surface area contributed by atoms with E-state index in [1.54, 1.807) is 0 Å². The number of carbonyl (C=O) groups excluding carboxylic acids is 1. The maximum atomic E-state index is 12.0. The number of halogens is 1. The number of nitro benzene ring substituents is 1. The molecule has 23 heavy (non-hydrogen) atoms. The number of non-ortho nitro benzene ring substituents is 1. The summed E-state index contributed by atoms with van der Waals surface area (Å²) in [7, 11) is 1.91. The van der Waals surface area contributed by atoms with Crippen molar-refractivity contribution in [3.05, 3.63) is 69.2 Å². The molecule has 0 bridgehead atoms. The molecule has 0 aliphatic carbocycles. The summed E-state index contributed by atoms with van der Waals surface area (Å²) >= 11 is 5.94. The second kappa shape index (κ2) is 7.71. The lowest BCUT2D eigenvalue weighted by Gasteiger charge is -2.14. The third-order valence-corrected chi connectivity index (χ3v) is 3.45. The van der Waals surface area contributed by atoms with Crippen molar-refractivity contribution in [3.63, 3.8) is 0 Å². The number of anilines is 1. The van der Waals surface area contributed by atoms with Crippen LogP contribution in [0.2, 0.25) is 5.02 Å². The normalized spacial score (nSPS) is 11.7. The molecule has 0 spiro atoms. The fourth-order valence-corrected chi connectivity index (χ4v) is 2.42. The molecule has 7 heteroatoms. The summed E-state index contributed by atoms with van der Waals surface area (Å²) < 4.78 is 0. The van der Waals surface area contributed by atoms with Crippen molar-refractivity contribution in [1.82, 2.24) is 0 Å². The van der Waals surface area contributed by atoms with E-state index >= 15 is 0 Å². The number of amides is 1. The van der Waals surface area contributed by atoms with Gasteiger partial charge in [0.25, 0.3) is 11.6 Å². The predicted molar refractivity (Wildman–Crippen MR) is 88.6 cm³/mol. The summed E-state index contributed by atoms with van der Waals surface area (Å²) in [6, 6.07) is 13.3. The molecule has 0 aromatic heterocycles. The SMILES string of the molecule is C[NH+](CC(=O)Nc1ccc([N+](=O)[O-])cc1)Cc1cccc(Cl)c1. The Bertz CT molecular complexity index is 704. The van der Waals surface area contributed by atoms with E-state index in [0.717, 1.165) is 10.5 Å². The van der Waals surface area contributed by atoms with Crippen LogP contribution in [0.5, 0.6) is 0 Å². The Balaban J connectivity index is 1.87. The van der Waals surface area contributed by atoms with E-state index in [9.17, 15) is 14.9 Å². The number of nitrogens with one attached hydrogen (secondary N) is 2. The van der Waals surface area contributed by atoms with E-state index in [4.69, 9.17) is 11.6 Å². The number of quaternary nitrogens is 1. The van der Waals surface area contributed by atoms with Crippen LogP contribution in [0.25, 0.3) is 0 Å². The lowest BCUT2D eigenvalue weighted by atomic mass is 10.2. The molecule has 0 saturated carbocycles. The quantitative estimate of drug-likeness (QED) is 0.625. The molecular formula is C16H17ClN3O3+. The first-order valence-electron chi connectivity index (χ1n) is 7.04. The Hall–Kier alpha value is -2.44. The Morgan fingerprint density at radius 1 is 1.26 bits per heavy atom. The second-order valence-electron chi connectivity index (χ2n) is 5.29. The van der Waals surface area contributed by atoms with Crippen LogP contribution in [-0.2, 0) is 11.3 Å². The number of hydrogen-bond acceptors (Lipinski definition) is 3. The summed E-state index contributed by atoms with van der Waals surface area (Å²) in [6.45, 7) is 0.956. The van der Waals surface area contributed by atoms with Crippen LogP contribution in [0, 0.1) is 10.1 Å². The van der Waals surface area contributed by atoms with Gasteiger partial charge >= 0.3 is 0 Å². The molecule has 120 valence electrons. The number of nitrogens with zero attached hydrogens (tertiary/aromatic N) is 1. The van der Waals surface area contributed by atoms with Crippen molar-refractivity contribution in [1.29, 1.82) is 0 Å². The van der Waals surface area contributed by atoms with Crippen molar-refractivity contribution in [3.8, 4) is 0 Å². The van der Waals surface area contributed by atoms with Gasteiger partial charge in [0.2, 0.25) is 0 Å². The Morgan fingerprint density at radius 3 is 2.57 bits per heavy atom. The summed E-state index contributed by atoms with van der Waals surface area (Å²) in [6.07, 6.45) is 0. The van der Waals surface area contributed by atoms with Gasteiger partial charge in [0.05, 0.1) is 12.0 Å². The molecule has 0 heterocycles. The van der Waals surface area contributed by atoms with Gasteiger partial charge in [-0.2, -0.15) is 0 Å². The third-order valence-electron chi connectivity index (χ3n) is 3.22. The molecule has 0 radical (unpaired) electrons. The Labute approximate surface area is 138 Å². The van der Waals surface area contributed by atoms with E-state index in [1.165, 1.54) is 24.3 Å². The molecule has 1 unspecified atom stereocenters. The van der Waals surface area contributed by atoms with Crippen LogP contribution in [0.4, 0.5) is 11.4 Å². The van der Waals surface area contributed by atoms with Crippen LogP contribution < -0.4 is 10.2 Å². The monoisotopic (exact) mass is 334 g/mol. The summed E-state index contributed by atoms with van der Waals surface area (Å²) in [5.41, 5.74) is 1.58. The predicted octanol–water partition coefficient (Wildman–Crippen LogP) is 1.90. The molecule has 1 amide bonds. The molecule has 2 rings (SSSR count). The highest BCUT2D eigenvalue weighted by Crippen LogP contribution is 2.15. The highest BCUT2D eigenvalue weighted by Gasteiger charge is 2.12. The first-order chi connectivity index (χ1) is 10.9. The maximum absolute atomic E-state index is 12.0.